The van der Waals surface area contributed by atoms with Gasteiger partial charge in [-0.15, -0.1) is 0 Å². The number of hydrogen-bond donors (Lipinski definition) is 0. The summed E-state index contributed by atoms with van der Waals surface area (Å²) in [6.45, 7) is 0.486. The molecule has 0 aliphatic carbocycles. The molecule has 0 amide bonds. The summed E-state index contributed by atoms with van der Waals surface area (Å²) in [5.41, 5.74) is 3.43. The number of rotatable bonds is 0. The second kappa shape index (κ2) is 3.44. The lowest BCUT2D eigenvalue weighted by Crippen LogP contribution is -2.28. The molecule has 0 N–H and O–H groups in total. The molecular formula is C16H9NO4. The van der Waals surface area contributed by atoms with Crippen LogP contribution in [-0.2, 0) is 5.41 Å². The van der Waals surface area contributed by atoms with Crippen LogP contribution in [0.15, 0.2) is 55.0 Å². The third kappa shape index (κ3) is 1.25. The molecule has 0 saturated carbocycles. The minimum absolute atomic E-state index is 0.402. The highest BCUT2D eigenvalue weighted by molar-refractivity contribution is 5.93. The van der Waals surface area contributed by atoms with E-state index in [1.807, 2.05) is 30.5 Å². The second-order valence-corrected chi connectivity index (χ2v) is 5.28. The summed E-state index contributed by atoms with van der Waals surface area (Å²) in [7, 11) is 0. The minimum atomic E-state index is -0.705. The second-order valence-electron chi connectivity index (χ2n) is 5.28. The lowest BCUT2D eigenvalue weighted by Gasteiger charge is -2.19. The number of benzene rings is 2. The van der Waals surface area contributed by atoms with Crippen LogP contribution in [0.25, 0.3) is 11.2 Å². The molecule has 2 aliphatic rings. The summed E-state index contributed by atoms with van der Waals surface area (Å²) in [4.78, 5) is 15.7. The van der Waals surface area contributed by atoms with Crippen molar-refractivity contribution in [3.8, 4) is 5.75 Å². The van der Waals surface area contributed by atoms with E-state index in [1.165, 1.54) is 0 Å². The fourth-order valence-corrected chi connectivity index (χ4v) is 3.18. The Bertz CT molecular complexity index is 981. The maximum atomic E-state index is 11.2. The first kappa shape index (κ1) is 10.9. The van der Waals surface area contributed by atoms with E-state index in [4.69, 9.17) is 13.6 Å². The molecule has 0 bridgehead atoms. The summed E-state index contributed by atoms with van der Waals surface area (Å²) in [5, 5.41) is 0. The Kier molecular flexibility index (Phi) is 1.78. The molecular weight excluding hydrogens is 270 g/mol. The number of aliphatic imine (C=N–C) groups is 1. The molecule has 0 saturated heterocycles. The fourth-order valence-electron chi connectivity index (χ4n) is 3.18. The predicted molar refractivity (Wildman–Crippen MR) is 75.6 cm³/mol. The standard InChI is InChI=1S/C16H9NO4/c18-15-20-13-5-10-12(6-14(13)21-15)19-8-16(10)7-17-11-4-2-1-3-9(11)16/h1-7H,8H2/t16-/m0/s1. The van der Waals surface area contributed by atoms with Crippen LogP contribution in [0, 0.1) is 0 Å². The average molecular weight is 279 g/mol. The van der Waals surface area contributed by atoms with Crippen LogP contribution < -0.4 is 10.6 Å². The molecule has 0 radical (unpaired) electrons. The smallest absolute Gasteiger partial charge is 0.491 e. The number of nitrogens with zero attached hydrogens (tertiary/aromatic N) is 1. The van der Waals surface area contributed by atoms with E-state index in [1.54, 1.807) is 6.07 Å². The summed E-state index contributed by atoms with van der Waals surface area (Å²) >= 11 is 0. The zero-order valence-corrected chi connectivity index (χ0v) is 10.8. The van der Waals surface area contributed by atoms with Crippen LogP contribution in [0.2, 0.25) is 0 Å². The van der Waals surface area contributed by atoms with Gasteiger partial charge in [0.25, 0.3) is 0 Å². The number of para-hydroxylation sites is 1. The zero-order valence-electron chi connectivity index (χ0n) is 10.8. The molecule has 1 aromatic heterocycles. The van der Waals surface area contributed by atoms with Crippen molar-refractivity contribution in [2.75, 3.05) is 6.61 Å². The van der Waals surface area contributed by atoms with Crippen LogP contribution in [-0.4, -0.2) is 12.8 Å². The van der Waals surface area contributed by atoms with E-state index in [2.05, 4.69) is 11.1 Å². The van der Waals surface area contributed by atoms with Crippen molar-refractivity contribution in [3.63, 3.8) is 0 Å². The van der Waals surface area contributed by atoms with Gasteiger partial charge >= 0.3 is 5.82 Å². The Morgan fingerprint density at radius 1 is 1.05 bits per heavy atom. The van der Waals surface area contributed by atoms with E-state index >= 15 is 0 Å². The van der Waals surface area contributed by atoms with Crippen LogP contribution in [0.1, 0.15) is 11.1 Å². The third-order valence-electron chi connectivity index (χ3n) is 4.18. The van der Waals surface area contributed by atoms with Gasteiger partial charge in [0.1, 0.15) is 12.4 Å². The Morgan fingerprint density at radius 3 is 2.76 bits per heavy atom. The Labute approximate surface area is 118 Å². The van der Waals surface area contributed by atoms with Crippen molar-refractivity contribution in [2.45, 2.75) is 5.41 Å². The highest BCUT2D eigenvalue weighted by Gasteiger charge is 2.45. The molecule has 5 heteroatoms. The summed E-state index contributed by atoms with van der Waals surface area (Å²) in [6, 6.07) is 11.5. The fraction of sp³-hybridized carbons (Fsp3) is 0.125. The molecule has 0 fully saturated rings. The topological polar surface area (TPSA) is 64.9 Å². The molecule has 2 aliphatic heterocycles. The Hall–Kier alpha value is -2.82. The molecule has 1 spiro atoms. The van der Waals surface area contributed by atoms with Gasteiger partial charge in [-0.3, -0.25) is 4.99 Å². The normalized spacial score (nSPS) is 21.7. The van der Waals surface area contributed by atoms with Gasteiger partial charge in [0, 0.05) is 17.8 Å². The Morgan fingerprint density at radius 2 is 1.86 bits per heavy atom. The predicted octanol–water partition coefficient (Wildman–Crippen LogP) is 2.78. The first-order chi connectivity index (χ1) is 10.3. The lowest BCUT2D eigenvalue weighted by molar-refractivity contribution is 0.327. The molecule has 3 heterocycles. The van der Waals surface area contributed by atoms with Gasteiger partial charge in [-0.05, 0) is 17.7 Å². The summed E-state index contributed by atoms with van der Waals surface area (Å²) in [5.74, 6) is -0.00147. The van der Waals surface area contributed by atoms with Crippen LogP contribution in [0.4, 0.5) is 5.69 Å². The van der Waals surface area contributed by atoms with E-state index in [0.29, 0.717) is 23.5 Å². The summed E-state index contributed by atoms with van der Waals surface area (Å²) < 4.78 is 15.9. The van der Waals surface area contributed by atoms with Gasteiger partial charge in [0.05, 0.1) is 11.1 Å². The van der Waals surface area contributed by atoms with Gasteiger partial charge in [0.2, 0.25) is 0 Å². The van der Waals surface area contributed by atoms with Crippen LogP contribution >= 0.6 is 0 Å². The van der Waals surface area contributed by atoms with Gasteiger partial charge < -0.3 is 13.6 Å². The quantitative estimate of drug-likeness (QED) is 0.634. The van der Waals surface area contributed by atoms with Gasteiger partial charge in [-0.2, -0.15) is 0 Å². The van der Waals surface area contributed by atoms with E-state index in [9.17, 15) is 4.79 Å². The van der Waals surface area contributed by atoms with Crippen molar-refractivity contribution in [2.24, 2.45) is 4.99 Å². The highest BCUT2D eigenvalue weighted by atomic mass is 16.6. The molecule has 5 nitrogen and oxygen atoms in total. The molecule has 5 rings (SSSR count). The van der Waals surface area contributed by atoms with E-state index in [0.717, 1.165) is 16.8 Å². The van der Waals surface area contributed by atoms with Crippen LogP contribution in [0.5, 0.6) is 5.75 Å². The maximum Gasteiger partial charge on any atom is 0.519 e. The monoisotopic (exact) mass is 279 g/mol. The highest BCUT2D eigenvalue weighted by Crippen LogP contribution is 2.49. The van der Waals surface area contributed by atoms with E-state index in [-0.39, 0.29) is 0 Å². The van der Waals surface area contributed by atoms with Crippen molar-refractivity contribution in [1.82, 2.24) is 0 Å². The molecule has 2 aromatic carbocycles. The average Bonchev–Trinajstić information content (AvgIpc) is 3.14. The van der Waals surface area contributed by atoms with Gasteiger partial charge in [-0.1, -0.05) is 18.2 Å². The van der Waals surface area contributed by atoms with Gasteiger partial charge in [0.15, 0.2) is 11.2 Å². The molecule has 102 valence electrons. The minimum Gasteiger partial charge on any atom is -0.491 e. The molecule has 21 heavy (non-hydrogen) atoms. The largest absolute Gasteiger partial charge is 0.519 e. The Balaban J connectivity index is 1.83. The number of ether oxygens (including phenoxy) is 1. The van der Waals surface area contributed by atoms with E-state index < -0.39 is 11.2 Å². The van der Waals surface area contributed by atoms with Crippen molar-refractivity contribution < 1.29 is 13.6 Å². The molecule has 0 unspecified atom stereocenters. The molecule has 3 aromatic rings. The number of fused-ring (bicyclic) bond motifs is 5. The lowest BCUT2D eigenvalue weighted by atomic mass is 9.78. The summed E-state index contributed by atoms with van der Waals surface area (Å²) in [6.07, 6.45) is 1.91. The SMILES string of the molecule is O=c1oc2cc3c(cc2o1)[C@@]1(C=Nc2ccccc21)CO3. The number of hydrogen-bond acceptors (Lipinski definition) is 5. The van der Waals surface area contributed by atoms with Crippen molar-refractivity contribution in [3.05, 3.63) is 58.1 Å². The first-order valence-electron chi connectivity index (χ1n) is 6.62. The van der Waals surface area contributed by atoms with Crippen molar-refractivity contribution in [1.29, 1.82) is 0 Å². The van der Waals surface area contributed by atoms with Gasteiger partial charge in [-0.25, -0.2) is 4.79 Å². The first-order valence-corrected chi connectivity index (χ1v) is 6.62. The molecule has 1 atom stereocenters. The maximum absolute atomic E-state index is 11.2. The zero-order chi connectivity index (χ0) is 14.0. The van der Waals surface area contributed by atoms with Crippen molar-refractivity contribution >= 4 is 23.1 Å². The third-order valence-corrected chi connectivity index (χ3v) is 4.18. The van der Waals surface area contributed by atoms with Crippen LogP contribution in [0.3, 0.4) is 0 Å².